The summed E-state index contributed by atoms with van der Waals surface area (Å²) in [7, 11) is 0. The minimum absolute atomic E-state index is 0.0293. The van der Waals surface area contributed by atoms with Crippen molar-refractivity contribution in [1.82, 2.24) is 24.8 Å². The molecule has 2 amide bonds. The van der Waals surface area contributed by atoms with Crippen molar-refractivity contribution in [2.24, 2.45) is 5.41 Å². The zero-order valence-electron chi connectivity index (χ0n) is 15.3. The fourth-order valence-electron chi connectivity index (χ4n) is 4.52. The first-order valence-corrected chi connectivity index (χ1v) is 9.67. The van der Waals surface area contributed by atoms with Crippen molar-refractivity contribution in [2.75, 3.05) is 37.6 Å². The van der Waals surface area contributed by atoms with Crippen molar-refractivity contribution in [3.8, 4) is 6.07 Å². The highest BCUT2D eigenvalue weighted by atomic mass is 16.2. The third-order valence-corrected chi connectivity index (χ3v) is 6.20. The molecule has 0 aromatic carbocycles. The van der Waals surface area contributed by atoms with E-state index in [-0.39, 0.29) is 17.5 Å². The van der Waals surface area contributed by atoms with Gasteiger partial charge >= 0.3 is 6.03 Å². The first-order valence-electron chi connectivity index (χ1n) is 9.67. The minimum Gasteiger partial charge on any atom is -0.354 e. The van der Waals surface area contributed by atoms with Gasteiger partial charge in [-0.3, -0.25) is 0 Å². The van der Waals surface area contributed by atoms with Crippen LogP contribution in [0.2, 0.25) is 0 Å². The third kappa shape index (κ3) is 2.78. The summed E-state index contributed by atoms with van der Waals surface area (Å²) in [4.78, 5) is 31.1. The van der Waals surface area contributed by atoms with Crippen LogP contribution in [-0.2, 0) is 0 Å². The van der Waals surface area contributed by atoms with Crippen LogP contribution in [-0.4, -0.2) is 69.5 Å². The lowest BCUT2D eigenvalue weighted by Gasteiger charge is -2.30. The van der Waals surface area contributed by atoms with Crippen LogP contribution in [0, 0.1) is 16.7 Å². The molecule has 0 bridgehead atoms. The van der Waals surface area contributed by atoms with E-state index in [1.165, 1.54) is 0 Å². The van der Waals surface area contributed by atoms with E-state index in [0.29, 0.717) is 13.1 Å². The number of carbonyl (C=O) groups excluding carboxylic acids is 1. The highest BCUT2D eigenvalue weighted by molar-refractivity contribution is 5.87. The highest BCUT2D eigenvalue weighted by Gasteiger charge is 2.49. The van der Waals surface area contributed by atoms with Crippen molar-refractivity contribution in [3.05, 3.63) is 18.6 Å². The zero-order valence-corrected chi connectivity index (χ0v) is 15.3. The molecule has 2 aliphatic heterocycles. The second-order valence-electron chi connectivity index (χ2n) is 8.04. The van der Waals surface area contributed by atoms with Gasteiger partial charge in [0.25, 0.3) is 0 Å². The van der Waals surface area contributed by atoms with Gasteiger partial charge in [-0.05, 0) is 31.7 Å². The Morgan fingerprint density at radius 1 is 1.26 bits per heavy atom. The number of amides is 2. The Morgan fingerprint density at radius 3 is 2.96 bits per heavy atom. The quantitative estimate of drug-likeness (QED) is 0.834. The Labute approximate surface area is 157 Å². The average Bonchev–Trinajstić information content (AvgIpc) is 3.10. The van der Waals surface area contributed by atoms with Gasteiger partial charge in [0.15, 0.2) is 0 Å². The largest absolute Gasteiger partial charge is 0.354 e. The van der Waals surface area contributed by atoms with Crippen molar-refractivity contribution < 1.29 is 4.79 Å². The monoisotopic (exact) mass is 365 g/mol. The van der Waals surface area contributed by atoms with Gasteiger partial charge in [-0.2, -0.15) is 5.26 Å². The van der Waals surface area contributed by atoms with E-state index in [2.05, 4.69) is 25.9 Å². The number of anilines is 1. The predicted octanol–water partition coefficient (Wildman–Crippen LogP) is 1.97. The number of carbonyl (C=O) groups is 1. The molecule has 1 N–H and O–H groups in total. The number of likely N-dealkylation sites (tertiary alicyclic amines) is 1. The summed E-state index contributed by atoms with van der Waals surface area (Å²) in [6, 6.07) is 4.06. The summed E-state index contributed by atoms with van der Waals surface area (Å²) in [5, 5.41) is 10.4. The number of nitrogens with zero attached hydrogens (tertiary/aromatic N) is 6. The SMILES string of the molecule is N#C[C@@H]1CCCN1C(=O)N1CCN(c2ncnc3[nH]ccc23)CC2(CC2)C1. The molecule has 0 radical (unpaired) electrons. The van der Waals surface area contributed by atoms with Gasteiger partial charge in [0, 0.05) is 44.3 Å². The Hall–Kier alpha value is -2.82. The molecule has 2 aromatic heterocycles. The summed E-state index contributed by atoms with van der Waals surface area (Å²) in [5.41, 5.74) is 0.998. The van der Waals surface area contributed by atoms with E-state index >= 15 is 0 Å². The molecule has 2 saturated heterocycles. The van der Waals surface area contributed by atoms with Crippen LogP contribution in [0.5, 0.6) is 0 Å². The number of hydrogen-bond acceptors (Lipinski definition) is 5. The topological polar surface area (TPSA) is 92.2 Å². The van der Waals surface area contributed by atoms with Gasteiger partial charge in [0.2, 0.25) is 0 Å². The van der Waals surface area contributed by atoms with Crippen molar-refractivity contribution in [1.29, 1.82) is 5.26 Å². The standard InChI is InChI=1S/C19H23N7O/c20-10-14-2-1-7-26(14)18(27)25-9-8-24(11-19(12-25)4-5-19)17-15-3-6-21-16(15)22-13-23-17/h3,6,13-14H,1-2,4-5,7-9,11-12H2,(H,21,22,23)/t14-/m0/s1. The Kier molecular flexibility index (Phi) is 3.71. The lowest BCUT2D eigenvalue weighted by Crippen LogP contribution is -2.47. The lowest BCUT2D eigenvalue weighted by molar-refractivity contribution is 0.151. The highest BCUT2D eigenvalue weighted by Crippen LogP contribution is 2.48. The molecule has 3 aliphatic rings. The Bertz CT molecular complexity index is 912. The number of aromatic nitrogens is 3. The lowest BCUT2D eigenvalue weighted by atomic mass is 10.1. The molecule has 2 aromatic rings. The molecular formula is C19H23N7O. The number of rotatable bonds is 1. The molecule has 1 spiro atoms. The molecule has 27 heavy (non-hydrogen) atoms. The molecular weight excluding hydrogens is 342 g/mol. The number of nitrogens with one attached hydrogen (secondary N) is 1. The zero-order chi connectivity index (χ0) is 18.4. The van der Waals surface area contributed by atoms with E-state index in [1.807, 2.05) is 17.2 Å². The van der Waals surface area contributed by atoms with Gasteiger partial charge < -0.3 is 19.7 Å². The molecule has 8 heteroatoms. The van der Waals surface area contributed by atoms with E-state index < -0.39 is 0 Å². The van der Waals surface area contributed by atoms with Crippen LogP contribution in [0.4, 0.5) is 10.6 Å². The van der Waals surface area contributed by atoms with Gasteiger partial charge in [-0.25, -0.2) is 14.8 Å². The molecule has 0 unspecified atom stereocenters. The van der Waals surface area contributed by atoms with Crippen LogP contribution in [0.15, 0.2) is 18.6 Å². The third-order valence-electron chi connectivity index (χ3n) is 6.20. The summed E-state index contributed by atoms with van der Waals surface area (Å²) < 4.78 is 0. The molecule has 1 saturated carbocycles. The molecule has 1 atom stereocenters. The normalized spacial score (nSPS) is 24.3. The number of hydrogen-bond donors (Lipinski definition) is 1. The molecule has 1 aliphatic carbocycles. The van der Waals surface area contributed by atoms with Crippen LogP contribution >= 0.6 is 0 Å². The second-order valence-corrected chi connectivity index (χ2v) is 8.04. The van der Waals surface area contributed by atoms with Crippen LogP contribution in [0.1, 0.15) is 25.7 Å². The van der Waals surface area contributed by atoms with Gasteiger partial charge in [0.1, 0.15) is 23.8 Å². The molecule has 140 valence electrons. The minimum atomic E-state index is -0.270. The molecule has 5 rings (SSSR count). The first-order chi connectivity index (χ1) is 13.2. The van der Waals surface area contributed by atoms with E-state index in [0.717, 1.165) is 62.2 Å². The smallest absolute Gasteiger partial charge is 0.321 e. The van der Waals surface area contributed by atoms with Crippen molar-refractivity contribution >= 4 is 22.9 Å². The van der Waals surface area contributed by atoms with Gasteiger partial charge in [0.05, 0.1) is 11.5 Å². The van der Waals surface area contributed by atoms with E-state index in [4.69, 9.17) is 0 Å². The Morgan fingerprint density at radius 2 is 2.15 bits per heavy atom. The molecule has 4 heterocycles. The van der Waals surface area contributed by atoms with Crippen molar-refractivity contribution in [3.63, 3.8) is 0 Å². The summed E-state index contributed by atoms with van der Waals surface area (Å²) in [5.74, 6) is 0.942. The fourth-order valence-corrected chi connectivity index (χ4v) is 4.52. The number of nitriles is 1. The number of fused-ring (bicyclic) bond motifs is 1. The number of H-pyrrole nitrogens is 1. The fraction of sp³-hybridized carbons (Fsp3) is 0.579. The van der Waals surface area contributed by atoms with Crippen LogP contribution in [0.25, 0.3) is 11.0 Å². The number of aromatic amines is 1. The summed E-state index contributed by atoms with van der Waals surface area (Å²) >= 11 is 0. The van der Waals surface area contributed by atoms with E-state index in [1.54, 1.807) is 11.2 Å². The van der Waals surface area contributed by atoms with Crippen LogP contribution in [0.3, 0.4) is 0 Å². The van der Waals surface area contributed by atoms with Gasteiger partial charge in [-0.15, -0.1) is 0 Å². The molecule has 8 nitrogen and oxygen atoms in total. The van der Waals surface area contributed by atoms with Gasteiger partial charge in [-0.1, -0.05) is 0 Å². The maximum absolute atomic E-state index is 13.1. The Balaban J connectivity index is 1.40. The van der Waals surface area contributed by atoms with Crippen molar-refractivity contribution in [2.45, 2.75) is 31.7 Å². The van der Waals surface area contributed by atoms with E-state index in [9.17, 15) is 10.1 Å². The second kappa shape index (κ2) is 6.12. The maximum Gasteiger partial charge on any atom is 0.321 e. The predicted molar refractivity (Wildman–Crippen MR) is 100 cm³/mol. The average molecular weight is 365 g/mol. The number of urea groups is 1. The maximum atomic E-state index is 13.1. The summed E-state index contributed by atoms with van der Waals surface area (Å²) in [6.45, 7) is 3.79. The van der Waals surface area contributed by atoms with Crippen LogP contribution < -0.4 is 4.90 Å². The molecule has 3 fully saturated rings. The first kappa shape index (κ1) is 16.4. The summed E-state index contributed by atoms with van der Waals surface area (Å²) in [6.07, 6.45) is 7.47.